The van der Waals surface area contributed by atoms with Crippen molar-refractivity contribution in [2.24, 2.45) is 0 Å². The number of hydrogen-bond donors (Lipinski definition) is 3. The highest BCUT2D eigenvalue weighted by atomic mass is 19.4. The van der Waals surface area contributed by atoms with Gasteiger partial charge in [-0.05, 0) is 48.9 Å². The van der Waals surface area contributed by atoms with Crippen LogP contribution in [0, 0.1) is 18.8 Å². The van der Waals surface area contributed by atoms with E-state index < -0.39 is 23.6 Å². The fraction of sp³-hybridized carbons (Fsp3) is 0.125. The molecule has 0 spiro atoms. The predicted molar refractivity (Wildman–Crippen MR) is 117 cm³/mol. The maximum atomic E-state index is 12.9. The number of nitrogens with zero attached hydrogens (tertiary/aromatic N) is 1. The van der Waals surface area contributed by atoms with Crippen LogP contribution in [0.3, 0.4) is 0 Å². The molecule has 2 aromatic carbocycles. The predicted octanol–water partition coefficient (Wildman–Crippen LogP) is 4.26. The first-order valence-electron chi connectivity index (χ1n) is 9.63. The molecule has 3 N–H and O–H groups in total. The summed E-state index contributed by atoms with van der Waals surface area (Å²) in [7, 11) is 0. The maximum absolute atomic E-state index is 12.9. The van der Waals surface area contributed by atoms with Gasteiger partial charge < -0.3 is 15.7 Å². The standard InChI is InChI=1S/C24H18F3N3O3/c1-15-7-8-19(29-22(32)17-5-2-6-18(11-17)24(25,26)27)12-21(15)23(33)30-20-10-16(4-3-9-31)13-28-14-20/h2,5-8,10-14,31H,9H2,1H3,(H,29,32)(H,30,33). The normalized spacial score (nSPS) is 10.7. The molecule has 0 unspecified atom stereocenters. The summed E-state index contributed by atoms with van der Waals surface area (Å²) in [5.74, 6) is 3.96. The lowest BCUT2D eigenvalue weighted by Gasteiger charge is -2.12. The molecule has 0 bridgehead atoms. The molecule has 0 aliphatic heterocycles. The number of aromatic nitrogens is 1. The van der Waals surface area contributed by atoms with Crippen LogP contribution in [0.5, 0.6) is 0 Å². The minimum Gasteiger partial charge on any atom is -0.384 e. The Morgan fingerprint density at radius 3 is 2.48 bits per heavy atom. The number of hydrogen-bond acceptors (Lipinski definition) is 4. The van der Waals surface area contributed by atoms with Crippen LogP contribution >= 0.6 is 0 Å². The number of rotatable bonds is 4. The SMILES string of the molecule is Cc1ccc(NC(=O)c2cccc(C(F)(F)F)c2)cc1C(=O)Nc1cncc(C#CCO)c1. The molecular formula is C24H18F3N3O3. The summed E-state index contributed by atoms with van der Waals surface area (Å²) in [5, 5.41) is 14.0. The van der Waals surface area contributed by atoms with Gasteiger partial charge in [-0.3, -0.25) is 14.6 Å². The van der Waals surface area contributed by atoms with Crippen molar-refractivity contribution in [1.82, 2.24) is 4.98 Å². The summed E-state index contributed by atoms with van der Waals surface area (Å²) in [6.45, 7) is 1.39. The fourth-order valence-electron chi connectivity index (χ4n) is 2.90. The first kappa shape index (κ1) is 23.5. The van der Waals surface area contributed by atoms with Gasteiger partial charge in [-0.15, -0.1) is 0 Å². The third-order valence-corrected chi connectivity index (χ3v) is 4.50. The summed E-state index contributed by atoms with van der Waals surface area (Å²) < 4.78 is 38.7. The number of aryl methyl sites for hydroxylation is 1. The Morgan fingerprint density at radius 2 is 1.76 bits per heavy atom. The van der Waals surface area contributed by atoms with E-state index in [4.69, 9.17) is 5.11 Å². The van der Waals surface area contributed by atoms with Crippen molar-refractivity contribution in [2.45, 2.75) is 13.1 Å². The summed E-state index contributed by atoms with van der Waals surface area (Å²) in [6.07, 6.45) is -1.66. The molecule has 3 aromatic rings. The van der Waals surface area contributed by atoms with E-state index in [1.165, 1.54) is 24.5 Å². The summed E-state index contributed by atoms with van der Waals surface area (Å²) in [4.78, 5) is 29.2. The molecule has 168 valence electrons. The van der Waals surface area contributed by atoms with Gasteiger partial charge in [0.2, 0.25) is 0 Å². The van der Waals surface area contributed by atoms with Gasteiger partial charge in [-0.2, -0.15) is 13.2 Å². The second-order valence-corrected chi connectivity index (χ2v) is 6.94. The van der Waals surface area contributed by atoms with E-state index in [9.17, 15) is 22.8 Å². The van der Waals surface area contributed by atoms with Crippen LogP contribution in [0.25, 0.3) is 0 Å². The van der Waals surface area contributed by atoms with Crippen LogP contribution < -0.4 is 10.6 Å². The lowest BCUT2D eigenvalue weighted by atomic mass is 10.1. The summed E-state index contributed by atoms with van der Waals surface area (Å²) in [6, 6.07) is 10.2. The lowest BCUT2D eigenvalue weighted by Crippen LogP contribution is -2.16. The number of nitrogens with one attached hydrogen (secondary N) is 2. The number of halogens is 3. The van der Waals surface area contributed by atoms with Gasteiger partial charge in [-0.25, -0.2) is 0 Å². The minimum atomic E-state index is -4.57. The molecule has 0 aliphatic carbocycles. The molecule has 3 rings (SSSR count). The van der Waals surface area contributed by atoms with Gasteiger partial charge in [-0.1, -0.05) is 24.0 Å². The Labute approximate surface area is 187 Å². The van der Waals surface area contributed by atoms with Crippen LogP contribution in [0.4, 0.5) is 24.5 Å². The number of aliphatic hydroxyl groups excluding tert-OH is 1. The van der Waals surface area contributed by atoms with Crippen molar-refractivity contribution in [3.05, 3.63) is 88.7 Å². The van der Waals surface area contributed by atoms with E-state index in [0.717, 1.165) is 18.2 Å². The van der Waals surface area contributed by atoms with Gasteiger partial charge in [0.25, 0.3) is 11.8 Å². The van der Waals surface area contributed by atoms with Crippen molar-refractivity contribution >= 4 is 23.2 Å². The highest BCUT2D eigenvalue weighted by Gasteiger charge is 2.30. The monoisotopic (exact) mass is 453 g/mol. The van der Waals surface area contributed by atoms with Crippen LogP contribution in [0.15, 0.2) is 60.9 Å². The zero-order chi connectivity index (χ0) is 24.0. The van der Waals surface area contributed by atoms with Crippen LogP contribution in [-0.2, 0) is 6.18 Å². The molecule has 0 saturated carbocycles. The van der Waals surface area contributed by atoms with Crippen molar-refractivity contribution in [3.8, 4) is 11.8 Å². The van der Waals surface area contributed by atoms with Crippen LogP contribution in [-0.4, -0.2) is 28.5 Å². The lowest BCUT2D eigenvalue weighted by molar-refractivity contribution is -0.137. The molecule has 1 heterocycles. The van der Waals surface area contributed by atoms with Crippen LogP contribution in [0.2, 0.25) is 0 Å². The number of pyridine rings is 1. The van der Waals surface area contributed by atoms with Gasteiger partial charge >= 0.3 is 6.18 Å². The second kappa shape index (κ2) is 9.97. The first-order valence-corrected chi connectivity index (χ1v) is 9.63. The zero-order valence-corrected chi connectivity index (χ0v) is 17.3. The molecule has 33 heavy (non-hydrogen) atoms. The number of aliphatic hydroxyl groups is 1. The van der Waals surface area contributed by atoms with E-state index in [1.807, 2.05) is 0 Å². The molecule has 0 aliphatic rings. The highest BCUT2D eigenvalue weighted by Crippen LogP contribution is 2.29. The largest absolute Gasteiger partial charge is 0.416 e. The third kappa shape index (κ3) is 6.18. The van der Waals surface area contributed by atoms with Crippen molar-refractivity contribution in [3.63, 3.8) is 0 Å². The summed E-state index contributed by atoms with van der Waals surface area (Å²) in [5.41, 5.74) is 0.899. The molecule has 1 aromatic heterocycles. The van der Waals surface area contributed by atoms with E-state index in [2.05, 4.69) is 27.5 Å². The van der Waals surface area contributed by atoms with E-state index >= 15 is 0 Å². The fourth-order valence-corrected chi connectivity index (χ4v) is 2.90. The van der Waals surface area contributed by atoms with Gasteiger partial charge in [0.05, 0.1) is 17.4 Å². The van der Waals surface area contributed by atoms with Gasteiger partial charge in [0.15, 0.2) is 0 Å². The van der Waals surface area contributed by atoms with Gasteiger partial charge in [0, 0.05) is 28.6 Å². The third-order valence-electron chi connectivity index (χ3n) is 4.50. The minimum absolute atomic E-state index is 0.164. The van der Waals surface area contributed by atoms with Crippen LogP contribution in [0.1, 0.15) is 37.4 Å². The Morgan fingerprint density at radius 1 is 1.00 bits per heavy atom. The molecule has 0 radical (unpaired) electrons. The molecule has 0 atom stereocenters. The van der Waals surface area contributed by atoms with E-state index in [1.54, 1.807) is 25.1 Å². The van der Waals surface area contributed by atoms with Gasteiger partial charge in [0.1, 0.15) is 6.61 Å². The number of anilines is 2. The molecule has 0 saturated heterocycles. The topological polar surface area (TPSA) is 91.3 Å². The number of benzene rings is 2. The molecule has 9 heteroatoms. The first-order chi connectivity index (χ1) is 15.7. The Bertz CT molecular complexity index is 1260. The quantitative estimate of drug-likeness (QED) is 0.515. The molecule has 6 nitrogen and oxygen atoms in total. The van der Waals surface area contributed by atoms with Crippen molar-refractivity contribution in [1.29, 1.82) is 0 Å². The smallest absolute Gasteiger partial charge is 0.384 e. The van der Waals surface area contributed by atoms with E-state index in [-0.39, 0.29) is 23.4 Å². The average molecular weight is 453 g/mol. The average Bonchev–Trinajstić information content (AvgIpc) is 2.78. The Balaban J connectivity index is 1.78. The number of alkyl halides is 3. The molecule has 0 fully saturated rings. The maximum Gasteiger partial charge on any atom is 0.416 e. The number of carbonyl (C=O) groups is 2. The zero-order valence-electron chi connectivity index (χ0n) is 17.3. The van der Waals surface area contributed by atoms with E-state index in [0.29, 0.717) is 16.8 Å². The Kier molecular flexibility index (Phi) is 7.10. The molecular weight excluding hydrogens is 435 g/mol. The van der Waals surface area contributed by atoms with Crippen molar-refractivity contribution < 1.29 is 27.9 Å². The Hall–Kier alpha value is -4.16. The highest BCUT2D eigenvalue weighted by molar-refractivity contribution is 6.08. The summed E-state index contributed by atoms with van der Waals surface area (Å²) >= 11 is 0. The number of carbonyl (C=O) groups excluding carboxylic acids is 2. The second-order valence-electron chi connectivity index (χ2n) is 6.94. The van der Waals surface area contributed by atoms with Crippen molar-refractivity contribution in [2.75, 3.05) is 17.2 Å². The molecule has 2 amide bonds. The number of amides is 2.